The first-order valence-electron chi connectivity index (χ1n) is 6.70. The molecule has 0 spiro atoms. The lowest BCUT2D eigenvalue weighted by Gasteiger charge is -2.39. The Kier molecular flexibility index (Phi) is 2.97. The van der Waals surface area contributed by atoms with E-state index in [1.165, 1.54) is 16.7 Å². The van der Waals surface area contributed by atoms with Crippen LogP contribution >= 0.6 is 0 Å². The summed E-state index contributed by atoms with van der Waals surface area (Å²) in [6.07, 6.45) is 0.868. The lowest BCUT2D eigenvalue weighted by molar-refractivity contribution is 0.0703. The van der Waals surface area contributed by atoms with E-state index in [0.29, 0.717) is 0 Å². The van der Waals surface area contributed by atoms with Gasteiger partial charge >= 0.3 is 0 Å². The Morgan fingerprint density at radius 3 is 2.44 bits per heavy atom. The molecule has 2 heteroatoms. The van der Waals surface area contributed by atoms with Crippen LogP contribution in [0.3, 0.4) is 0 Å². The minimum absolute atomic E-state index is 0.0727. The summed E-state index contributed by atoms with van der Waals surface area (Å²) in [5.41, 5.74) is 9.91. The van der Waals surface area contributed by atoms with Crippen molar-refractivity contribution in [2.75, 3.05) is 0 Å². The van der Waals surface area contributed by atoms with Gasteiger partial charge in [0.2, 0.25) is 0 Å². The summed E-state index contributed by atoms with van der Waals surface area (Å²) < 4.78 is 6.22. The SMILES string of the molecule is Cc1cc2c(c(C(C)(C)C)c1)OC(C)(C)CC2N. The second-order valence-electron chi connectivity index (χ2n) is 7.15. The Labute approximate surface area is 111 Å². The van der Waals surface area contributed by atoms with E-state index in [0.717, 1.165) is 12.2 Å². The fourth-order valence-corrected chi connectivity index (χ4v) is 2.71. The molecule has 2 nitrogen and oxygen atoms in total. The zero-order chi connectivity index (χ0) is 13.7. The van der Waals surface area contributed by atoms with Crippen LogP contribution in [0.5, 0.6) is 5.75 Å². The molecule has 0 aromatic heterocycles. The molecule has 18 heavy (non-hydrogen) atoms. The minimum atomic E-state index is -0.179. The van der Waals surface area contributed by atoms with Crippen LogP contribution in [0.25, 0.3) is 0 Å². The maximum atomic E-state index is 6.32. The highest BCUT2D eigenvalue weighted by Gasteiger charge is 2.35. The van der Waals surface area contributed by atoms with Crippen molar-refractivity contribution in [1.82, 2.24) is 0 Å². The Bertz CT molecular complexity index is 469. The van der Waals surface area contributed by atoms with E-state index in [4.69, 9.17) is 10.5 Å². The van der Waals surface area contributed by atoms with Gasteiger partial charge in [-0.05, 0) is 26.2 Å². The summed E-state index contributed by atoms with van der Waals surface area (Å²) in [4.78, 5) is 0. The summed E-state index contributed by atoms with van der Waals surface area (Å²) in [6.45, 7) is 13.0. The molecule has 1 aliphatic heterocycles. The van der Waals surface area contributed by atoms with Crippen LogP contribution < -0.4 is 10.5 Å². The molecule has 1 unspecified atom stereocenters. The van der Waals surface area contributed by atoms with Gasteiger partial charge in [-0.15, -0.1) is 0 Å². The summed E-state index contributed by atoms with van der Waals surface area (Å²) >= 11 is 0. The lowest BCUT2D eigenvalue weighted by Crippen LogP contribution is -2.38. The Hall–Kier alpha value is -1.02. The number of hydrogen-bond acceptors (Lipinski definition) is 2. The van der Waals surface area contributed by atoms with E-state index in [-0.39, 0.29) is 17.1 Å². The molecule has 0 radical (unpaired) electrons. The van der Waals surface area contributed by atoms with Gasteiger partial charge in [-0.25, -0.2) is 0 Å². The van der Waals surface area contributed by atoms with Crippen LogP contribution in [0.4, 0.5) is 0 Å². The molecule has 1 aromatic rings. The molecule has 1 atom stereocenters. The molecule has 1 aliphatic rings. The Balaban J connectivity index is 2.65. The third kappa shape index (κ3) is 2.39. The van der Waals surface area contributed by atoms with Crippen LogP contribution in [-0.2, 0) is 5.41 Å². The van der Waals surface area contributed by atoms with Crippen LogP contribution in [-0.4, -0.2) is 5.60 Å². The number of benzene rings is 1. The zero-order valence-electron chi connectivity index (χ0n) is 12.4. The van der Waals surface area contributed by atoms with Crippen molar-refractivity contribution in [2.24, 2.45) is 5.73 Å². The molecule has 0 amide bonds. The molecule has 0 bridgehead atoms. The molecule has 0 saturated heterocycles. The minimum Gasteiger partial charge on any atom is -0.487 e. The molecule has 0 aliphatic carbocycles. The number of hydrogen-bond donors (Lipinski definition) is 1. The third-order valence-corrected chi connectivity index (χ3v) is 3.56. The first-order chi connectivity index (χ1) is 8.10. The van der Waals surface area contributed by atoms with Gasteiger partial charge in [0.05, 0.1) is 0 Å². The smallest absolute Gasteiger partial charge is 0.128 e. The van der Waals surface area contributed by atoms with E-state index in [1.807, 2.05) is 0 Å². The van der Waals surface area contributed by atoms with Crippen molar-refractivity contribution in [3.8, 4) is 5.75 Å². The molecule has 1 heterocycles. The van der Waals surface area contributed by atoms with E-state index in [1.54, 1.807) is 0 Å². The second-order valence-corrected chi connectivity index (χ2v) is 7.15. The van der Waals surface area contributed by atoms with Crippen LogP contribution in [0, 0.1) is 6.92 Å². The van der Waals surface area contributed by atoms with Gasteiger partial charge in [0.15, 0.2) is 0 Å². The predicted octanol–water partition coefficient (Wildman–Crippen LogP) is 3.85. The van der Waals surface area contributed by atoms with Gasteiger partial charge in [-0.3, -0.25) is 0 Å². The van der Waals surface area contributed by atoms with Gasteiger partial charge in [-0.2, -0.15) is 0 Å². The second kappa shape index (κ2) is 3.99. The third-order valence-electron chi connectivity index (χ3n) is 3.56. The molecule has 2 N–H and O–H groups in total. The van der Waals surface area contributed by atoms with Gasteiger partial charge in [0, 0.05) is 23.6 Å². The topological polar surface area (TPSA) is 35.2 Å². The summed E-state index contributed by atoms with van der Waals surface area (Å²) in [5.74, 6) is 1.01. The van der Waals surface area contributed by atoms with Crippen molar-refractivity contribution < 1.29 is 4.74 Å². The fourth-order valence-electron chi connectivity index (χ4n) is 2.71. The molecule has 0 fully saturated rings. The molecular weight excluding hydrogens is 222 g/mol. The van der Waals surface area contributed by atoms with Crippen molar-refractivity contribution >= 4 is 0 Å². The number of nitrogens with two attached hydrogens (primary N) is 1. The highest BCUT2D eigenvalue weighted by atomic mass is 16.5. The Morgan fingerprint density at radius 2 is 1.89 bits per heavy atom. The van der Waals surface area contributed by atoms with E-state index in [2.05, 4.69) is 53.7 Å². The number of aryl methyl sites for hydroxylation is 1. The fraction of sp³-hybridized carbons (Fsp3) is 0.625. The first kappa shape index (κ1) is 13.4. The number of rotatable bonds is 0. The van der Waals surface area contributed by atoms with Crippen LogP contribution in [0.2, 0.25) is 0 Å². The van der Waals surface area contributed by atoms with Gasteiger partial charge in [-0.1, -0.05) is 38.5 Å². The van der Waals surface area contributed by atoms with Crippen molar-refractivity contribution in [1.29, 1.82) is 0 Å². The van der Waals surface area contributed by atoms with Crippen molar-refractivity contribution in [2.45, 2.75) is 65.0 Å². The largest absolute Gasteiger partial charge is 0.487 e. The molecule has 0 saturated carbocycles. The van der Waals surface area contributed by atoms with E-state index in [9.17, 15) is 0 Å². The average Bonchev–Trinajstić information content (AvgIpc) is 2.15. The predicted molar refractivity (Wildman–Crippen MR) is 76.1 cm³/mol. The maximum Gasteiger partial charge on any atom is 0.128 e. The van der Waals surface area contributed by atoms with E-state index < -0.39 is 0 Å². The first-order valence-corrected chi connectivity index (χ1v) is 6.70. The van der Waals surface area contributed by atoms with E-state index >= 15 is 0 Å². The highest BCUT2D eigenvalue weighted by Crippen LogP contribution is 2.44. The van der Waals surface area contributed by atoms with Crippen LogP contribution in [0.1, 0.15) is 63.8 Å². The Morgan fingerprint density at radius 1 is 1.28 bits per heavy atom. The van der Waals surface area contributed by atoms with Gasteiger partial charge in [0.1, 0.15) is 11.4 Å². The van der Waals surface area contributed by atoms with Gasteiger partial charge in [0.25, 0.3) is 0 Å². The molecule has 100 valence electrons. The number of fused-ring (bicyclic) bond motifs is 1. The average molecular weight is 247 g/mol. The quantitative estimate of drug-likeness (QED) is 0.755. The molecular formula is C16H25NO. The van der Waals surface area contributed by atoms with Gasteiger partial charge < -0.3 is 10.5 Å². The standard InChI is InChI=1S/C16H25NO/c1-10-7-11-13(17)9-16(5,6)18-14(11)12(8-10)15(2,3)4/h7-8,13H,9,17H2,1-6H3. The monoisotopic (exact) mass is 247 g/mol. The maximum absolute atomic E-state index is 6.32. The summed E-state index contributed by atoms with van der Waals surface area (Å²) in [7, 11) is 0. The molecule has 1 aromatic carbocycles. The lowest BCUT2D eigenvalue weighted by atomic mass is 9.80. The van der Waals surface area contributed by atoms with Crippen molar-refractivity contribution in [3.05, 3.63) is 28.8 Å². The highest BCUT2D eigenvalue weighted by molar-refractivity contribution is 5.50. The number of ether oxygens (including phenoxy) is 1. The summed E-state index contributed by atoms with van der Waals surface area (Å²) in [5, 5.41) is 0. The normalized spacial score (nSPS) is 22.3. The zero-order valence-corrected chi connectivity index (χ0v) is 12.4. The van der Waals surface area contributed by atoms with Crippen LogP contribution in [0.15, 0.2) is 12.1 Å². The summed E-state index contributed by atoms with van der Waals surface area (Å²) in [6, 6.07) is 4.47. The molecule has 2 rings (SSSR count). The van der Waals surface area contributed by atoms with Crippen molar-refractivity contribution in [3.63, 3.8) is 0 Å².